The lowest BCUT2D eigenvalue weighted by atomic mass is 10.1. The molecule has 0 saturated heterocycles. The molecule has 0 unspecified atom stereocenters. The molecule has 0 saturated carbocycles. The molecule has 1 aromatic rings. The van der Waals surface area contributed by atoms with Crippen LogP contribution < -0.4 is 0 Å². The molecule has 0 aromatic heterocycles. The van der Waals surface area contributed by atoms with Crippen LogP contribution in [0.15, 0.2) is 24.8 Å². The predicted molar refractivity (Wildman–Crippen MR) is 133 cm³/mol. The lowest BCUT2D eigenvalue weighted by Gasteiger charge is -2.08. The van der Waals surface area contributed by atoms with Crippen molar-refractivity contribution in [2.75, 3.05) is 13.2 Å². The van der Waals surface area contributed by atoms with Crippen LogP contribution in [0.25, 0.3) is 0 Å². The zero-order valence-corrected chi connectivity index (χ0v) is 21.7. The highest BCUT2D eigenvalue weighted by Crippen LogP contribution is 2.23. The molecule has 0 fully saturated rings. The van der Waals surface area contributed by atoms with E-state index in [1.165, 1.54) is 18.9 Å². The van der Waals surface area contributed by atoms with Crippen molar-refractivity contribution in [2.45, 2.75) is 51.4 Å². The summed E-state index contributed by atoms with van der Waals surface area (Å²) in [6.45, 7) is 4.32. The van der Waals surface area contributed by atoms with Crippen molar-refractivity contribution in [1.29, 1.82) is 0 Å². The van der Waals surface area contributed by atoms with Gasteiger partial charge in [-0.1, -0.05) is 45.1 Å². The second-order valence-electron chi connectivity index (χ2n) is 6.09. The number of hydrogen-bond acceptors (Lipinski definition) is 4. The molecule has 4 nitrogen and oxygen atoms in total. The number of benzene rings is 1. The van der Waals surface area contributed by atoms with Crippen LogP contribution in [0.1, 0.15) is 61.7 Å². The summed E-state index contributed by atoms with van der Waals surface area (Å²) in [6.07, 6.45) is 9.85. The fourth-order valence-corrected chi connectivity index (χ4v) is 4.82. The van der Waals surface area contributed by atoms with Gasteiger partial charge in [0.15, 0.2) is 0 Å². The zero-order chi connectivity index (χ0) is 20.1. The van der Waals surface area contributed by atoms with Gasteiger partial charge in [0.05, 0.1) is 18.8 Å². The van der Waals surface area contributed by atoms with Crippen molar-refractivity contribution in [3.8, 4) is 0 Å². The minimum Gasteiger partial charge on any atom is -0.463 e. The summed E-state index contributed by atoms with van der Waals surface area (Å²) in [7, 11) is 0. The van der Waals surface area contributed by atoms with Crippen molar-refractivity contribution < 1.29 is 19.1 Å². The molecule has 27 heavy (non-hydrogen) atoms. The fourth-order valence-electron chi connectivity index (χ4n) is 2.44. The smallest absolute Gasteiger partial charge is 0.339 e. The van der Waals surface area contributed by atoms with Gasteiger partial charge in [0, 0.05) is 16.8 Å². The van der Waals surface area contributed by atoms with Crippen LogP contribution in [0, 0.1) is 10.7 Å². The Morgan fingerprint density at radius 2 is 1.37 bits per heavy atom. The van der Waals surface area contributed by atoms with Crippen LogP contribution in [0.5, 0.6) is 0 Å². The maximum atomic E-state index is 12.2. The molecule has 0 bridgehead atoms. The highest BCUT2D eigenvalue weighted by molar-refractivity contribution is 14.1. The molecule has 0 aliphatic heterocycles. The van der Waals surface area contributed by atoms with Crippen molar-refractivity contribution >= 4 is 79.7 Å². The van der Waals surface area contributed by atoms with Crippen LogP contribution in [-0.4, -0.2) is 25.2 Å². The largest absolute Gasteiger partial charge is 0.463 e. The van der Waals surface area contributed by atoms with Gasteiger partial charge < -0.3 is 9.47 Å². The van der Waals surface area contributed by atoms with Gasteiger partial charge in [-0.15, -0.1) is 0 Å². The summed E-state index contributed by atoms with van der Waals surface area (Å²) in [5.74, 6) is -0.574. The van der Waals surface area contributed by atoms with Gasteiger partial charge in [0.25, 0.3) is 0 Å². The first-order chi connectivity index (χ1) is 13.0. The predicted octanol–water partition coefficient (Wildman–Crippen LogP) is 6.51. The number of hydrogen-bond donors (Lipinski definition) is 0. The van der Waals surface area contributed by atoms with E-state index >= 15 is 0 Å². The molecular formula is C20H25I3O4. The Labute approximate surface area is 202 Å². The molecule has 0 atom stereocenters. The average molecular weight is 710 g/mol. The summed E-state index contributed by atoms with van der Waals surface area (Å²) in [5.41, 5.74) is 0.658. The Kier molecular flexibility index (Phi) is 14.0. The highest BCUT2D eigenvalue weighted by atomic mass is 127. The molecular weight excluding hydrogens is 685 g/mol. The third-order valence-electron chi connectivity index (χ3n) is 3.90. The van der Waals surface area contributed by atoms with Gasteiger partial charge in [-0.25, -0.2) is 9.59 Å². The summed E-state index contributed by atoms with van der Waals surface area (Å²) < 4.78 is 13.4. The van der Waals surface area contributed by atoms with Crippen molar-refractivity contribution in [1.82, 2.24) is 0 Å². The highest BCUT2D eigenvalue weighted by Gasteiger charge is 2.14. The van der Waals surface area contributed by atoms with Crippen molar-refractivity contribution in [3.05, 3.63) is 41.1 Å². The molecule has 0 N–H and O–H groups in total. The maximum absolute atomic E-state index is 12.2. The van der Waals surface area contributed by atoms with Crippen LogP contribution in [-0.2, 0) is 14.3 Å². The lowest BCUT2D eigenvalue weighted by Crippen LogP contribution is -2.09. The molecule has 0 radical (unpaired) electrons. The van der Waals surface area contributed by atoms with Gasteiger partial charge in [0.1, 0.15) is 0 Å². The lowest BCUT2D eigenvalue weighted by molar-refractivity contribution is -0.137. The van der Waals surface area contributed by atoms with E-state index in [-0.39, 0.29) is 11.9 Å². The summed E-state index contributed by atoms with van der Waals surface area (Å²) in [5, 5.41) is 0. The SMILES string of the molecule is C=CC(=O)OCCCCCCCCCCOC(=O)c1cc(I)cc(I)c1I. The van der Waals surface area contributed by atoms with E-state index in [4.69, 9.17) is 9.47 Å². The number of rotatable bonds is 13. The Morgan fingerprint density at radius 1 is 0.852 bits per heavy atom. The number of esters is 2. The van der Waals surface area contributed by atoms with E-state index in [0.29, 0.717) is 18.8 Å². The molecule has 150 valence electrons. The molecule has 0 spiro atoms. The van der Waals surface area contributed by atoms with Crippen molar-refractivity contribution in [2.24, 2.45) is 0 Å². The number of halogens is 3. The molecule has 0 heterocycles. The zero-order valence-electron chi connectivity index (χ0n) is 15.3. The first-order valence-corrected chi connectivity index (χ1v) is 12.3. The summed E-state index contributed by atoms with van der Waals surface area (Å²) >= 11 is 6.66. The Bertz CT molecular complexity index is 632. The quantitative estimate of drug-likeness (QED) is 0.0772. The number of carbonyl (C=O) groups excluding carboxylic acids is 2. The third kappa shape index (κ3) is 11.0. The minimum atomic E-state index is -0.345. The summed E-state index contributed by atoms with van der Waals surface area (Å²) in [4.78, 5) is 23.1. The van der Waals surface area contributed by atoms with Crippen LogP contribution in [0.3, 0.4) is 0 Å². The minimum absolute atomic E-state index is 0.229. The normalized spacial score (nSPS) is 10.5. The van der Waals surface area contributed by atoms with E-state index in [0.717, 1.165) is 49.2 Å². The Hall–Kier alpha value is 0.0900. The average Bonchev–Trinajstić information content (AvgIpc) is 2.64. The second-order valence-corrected chi connectivity index (χ2v) is 9.57. The van der Waals surface area contributed by atoms with Gasteiger partial charge >= 0.3 is 11.9 Å². The number of ether oxygens (including phenoxy) is 2. The van der Waals surface area contributed by atoms with Gasteiger partial charge in [-0.05, 0) is 92.7 Å². The maximum Gasteiger partial charge on any atom is 0.339 e. The van der Waals surface area contributed by atoms with Gasteiger partial charge in [0.2, 0.25) is 0 Å². The molecule has 1 aromatic carbocycles. The molecule has 7 heteroatoms. The summed E-state index contributed by atoms with van der Waals surface area (Å²) in [6, 6.07) is 3.93. The first-order valence-electron chi connectivity index (χ1n) is 9.06. The van der Waals surface area contributed by atoms with E-state index in [9.17, 15) is 9.59 Å². The van der Waals surface area contributed by atoms with Gasteiger partial charge in [-0.3, -0.25) is 0 Å². The Balaban J connectivity index is 2.02. The fraction of sp³-hybridized carbons (Fsp3) is 0.500. The van der Waals surface area contributed by atoms with E-state index < -0.39 is 0 Å². The monoisotopic (exact) mass is 710 g/mol. The topological polar surface area (TPSA) is 52.6 Å². The molecule has 0 amide bonds. The molecule has 1 rings (SSSR count). The van der Waals surface area contributed by atoms with Gasteiger partial charge in [-0.2, -0.15) is 0 Å². The number of carbonyl (C=O) groups is 2. The number of unbranched alkanes of at least 4 members (excludes halogenated alkanes) is 7. The van der Waals surface area contributed by atoms with E-state index in [1.807, 2.05) is 12.1 Å². The Morgan fingerprint density at radius 3 is 1.93 bits per heavy atom. The van der Waals surface area contributed by atoms with E-state index in [1.54, 1.807) is 0 Å². The first kappa shape index (κ1) is 25.1. The van der Waals surface area contributed by atoms with Crippen LogP contribution >= 0.6 is 67.8 Å². The molecule has 0 aliphatic carbocycles. The van der Waals surface area contributed by atoms with Crippen LogP contribution in [0.4, 0.5) is 0 Å². The third-order valence-corrected chi connectivity index (χ3v) is 7.56. The standard InChI is InChI=1S/C20H25I3O4/c1-2-18(24)26-11-9-7-5-3-4-6-8-10-12-27-20(25)16-13-15(21)14-17(22)19(16)23/h2,13-14H,1,3-12H2. The van der Waals surface area contributed by atoms with Crippen LogP contribution in [0.2, 0.25) is 0 Å². The second kappa shape index (κ2) is 15.0. The molecule has 0 aliphatic rings. The van der Waals surface area contributed by atoms with E-state index in [2.05, 4.69) is 74.4 Å². The van der Waals surface area contributed by atoms with Crippen molar-refractivity contribution in [3.63, 3.8) is 0 Å².